The fourth-order valence-electron chi connectivity index (χ4n) is 1.77. The molecule has 0 aromatic heterocycles. The maximum atomic E-state index is 11.8. The Morgan fingerprint density at radius 2 is 1.89 bits per heavy atom. The largest absolute Gasteiger partial charge is 0.358 e. The molecule has 7 heteroatoms. The van der Waals surface area contributed by atoms with Crippen molar-refractivity contribution < 1.29 is 9.59 Å². The molecule has 0 saturated carbocycles. The van der Waals surface area contributed by atoms with Crippen molar-refractivity contribution in [3.8, 4) is 0 Å². The Labute approximate surface area is 117 Å². The number of carbonyl (C=O) groups excluding carboxylic acids is 2. The van der Waals surface area contributed by atoms with Gasteiger partial charge in [0.2, 0.25) is 5.91 Å². The Morgan fingerprint density at radius 1 is 1.33 bits per heavy atom. The third-order valence-corrected chi connectivity index (χ3v) is 4.72. The molecule has 0 radical (unpaired) electrons. The third kappa shape index (κ3) is 4.45. The number of nitrogens with one attached hydrogen (secondary N) is 1. The van der Waals surface area contributed by atoms with Crippen LogP contribution in [0.1, 0.15) is 26.7 Å². The highest BCUT2D eigenvalue weighted by atomic mass is 32.2. The molecular formula is C11H19N3O2S2. The fourth-order valence-corrected chi connectivity index (χ4v) is 3.25. The Balaban J connectivity index is 2.59. The molecule has 1 fully saturated rings. The molecule has 0 aliphatic carbocycles. The van der Waals surface area contributed by atoms with Gasteiger partial charge < -0.3 is 10.6 Å². The van der Waals surface area contributed by atoms with Gasteiger partial charge in [-0.05, 0) is 18.8 Å². The van der Waals surface area contributed by atoms with Gasteiger partial charge in [-0.1, -0.05) is 37.8 Å². The molecule has 5 nitrogen and oxygen atoms in total. The van der Waals surface area contributed by atoms with E-state index in [0.717, 1.165) is 30.3 Å². The molecule has 1 heterocycles. The predicted octanol–water partition coefficient (Wildman–Crippen LogP) is 1.32. The highest BCUT2D eigenvalue weighted by molar-refractivity contribution is 8.23. The maximum absolute atomic E-state index is 11.8. The van der Waals surface area contributed by atoms with E-state index in [1.54, 1.807) is 0 Å². The molecule has 102 valence electrons. The van der Waals surface area contributed by atoms with Crippen molar-refractivity contribution in [2.45, 2.75) is 31.9 Å². The number of amides is 3. The van der Waals surface area contributed by atoms with Crippen LogP contribution in [0, 0.1) is 5.92 Å². The van der Waals surface area contributed by atoms with Crippen molar-refractivity contribution in [1.29, 1.82) is 0 Å². The lowest BCUT2D eigenvalue weighted by Crippen LogP contribution is -2.43. The summed E-state index contributed by atoms with van der Waals surface area (Å²) >= 11 is 6.67. The molecule has 1 saturated heterocycles. The summed E-state index contributed by atoms with van der Waals surface area (Å²) < 4.78 is 0.728. The lowest BCUT2D eigenvalue weighted by molar-refractivity contribution is -0.120. The zero-order valence-electron chi connectivity index (χ0n) is 10.6. The number of nitrogens with zero attached hydrogens (tertiary/aromatic N) is 1. The molecule has 0 aromatic rings. The highest BCUT2D eigenvalue weighted by Gasteiger charge is 2.27. The van der Waals surface area contributed by atoms with Crippen LogP contribution < -0.4 is 11.1 Å². The number of imide groups is 1. The standard InChI is InChI=1S/C11H19N3O2S2/c1-7(2)8(9(15)13-10(12)16)18-11(17)14-5-3-4-6-14/h7-8H,3-6H2,1-2H3,(H3,12,13,15,16). The second-order valence-corrected chi connectivity index (χ2v) is 6.37. The van der Waals surface area contributed by atoms with Crippen molar-refractivity contribution in [3.63, 3.8) is 0 Å². The summed E-state index contributed by atoms with van der Waals surface area (Å²) in [5.74, 6) is -0.293. The lowest BCUT2D eigenvalue weighted by atomic mass is 10.1. The van der Waals surface area contributed by atoms with Crippen molar-refractivity contribution in [2.24, 2.45) is 11.7 Å². The van der Waals surface area contributed by atoms with Gasteiger partial charge in [0.25, 0.3) is 0 Å². The fraction of sp³-hybridized carbons (Fsp3) is 0.727. The number of thioether (sulfide) groups is 1. The van der Waals surface area contributed by atoms with Crippen LogP contribution in [0.2, 0.25) is 0 Å². The summed E-state index contributed by atoms with van der Waals surface area (Å²) in [4.78, 5) is 24.7. The molecule has 1 aliphatic rings. The minimum Gasteiger partial charge on any atom is -0.358 e. The molecule has 0 aromatic carbocycles. The van der Waals surface area contributed by atoms with Crippen LogP contribution in [-0.2, 0) is 4.79 Å². The first-order chi connectivity index (χ1) is 8.41. The second kappa shape index (κ2) is 6.94. The van der Waals surface area contributed by atoms with Gasteiger partial charge in [0.1, 0.15) is 4.32 Å². The summed E-state index contributed by atoms with van der Waals surface area (Å²) in [7, 11) is 0. The topological polar surface area (TPSA) is 75.4 Å². The van der Waals surface area contributed by atoms with E-state index in [-0.39, 0.29) is 17.1 Å². The van der Waals surface area contributed by atoms with E-state index >= 15 is 0 Å². The van der Waals surface area contributed by atoms with Crippen LogP contribution in [0.25, 0.3) is 0 Å². The Hall–Kier alpha value is -0.820. The molecule has 3 N–H and O–H groups in total. The summed E-state index contributed by atoms with van der Waals surface area (Å²) in [6.45, 7) is 5.75. The average molecular weight is 289 g/mol. The van der Waals surface area contributed by atoms with Crippen molar-refractivity contribution in [3.05, 3.63) is 0 Å². The number of likely N-dealkylation sites (tertiary alicyclic amines) is 1. The van der Waals surface area contributed by atoms with E-state index in [1.165, 1.54) is 11.8 Å². The molecule has 18 heavy (non-hydrogen) atoms. The van der Waals surface area contributed by atoms with Gasteiger partial charge >= 0.3 is 6.03 Å². The average Bonchev–Trinajstić information content (AvgIpc) is 2.77. The molecule has 1 rings (SSSR count). The predicted molar refractivity (Wildman–Crippen MR) is 77.3 cm³/mol. The Morgan fingerprint density at radius 3 is 2.33 bits per heavy atom. The minimum atomic E-state index is -0.821. The SMILES string of the molecule is CC(C)C(SC(=S)N1CCCC1)C(=O)NC(N)=O. The number of hydrogen-bond donors (Lipinski definition) is 2. The first-order valence-electron chi connectivity index (χ1n) is 5.97. The van der Waals surface area contributed by atoms with Crippen molar-refractivity contribution in [1.82, 2.24) is 10.2 Å². The number of thiocarbonyl (C=S) groups is 1. The summed E-state index contributed by atoms with van der Waals surface area (Å²) in [6.07, 6.45) is 2.28. The van der Waals surface area contributed by atoms with Gasteiger partial charge in [-0.2, -0.15) is 0 Å². The van der Waals surface area contributed by atoms with Gasteiger partial charge in [0.15, 0.2) is 0 Å². The second-order valence-electron chi connectivity index (χ2n) is 4.60. The molecular weight excluding hydrogens is 270 g/mol. The van der Waals surface area contributed by atoms with Gasteiger partial charge in [-0.3, -0.25) is 10.1 Å². The lowest BCUT2D eigenvalue weighted by Gasteiger charge is -2.24. The van der Waals surface area contributed by atoms with E-state index < -0.39 is 6.03 Å². The van der Waals surface area contributed by atoms with Crippen LogP contribution >= 0.6 is 24.0 Å². The van der Waals surface area contributed by atoms with E-state index in [2.05, 4.69) is 10.2 Å². The molecule has 1 unspecified atom stereocenters. The molecule has 1 atom stereocenters. The number of carbonyl (C=O) groups is 2. The van der Waals surface area contributed by atoms with Crippen molar-refractivity contribution in [2.75, 3.05) is 13.1 Å². The van der Waals surface area contributed by atoms with Crippen LogP contribution in [0.4, 0.5) is 4.79 Å². The summed E-state index contributed by atoms with van der Waals surface area (Å²) in [5.41, 5.74) is 4.96. The molecule has 0 spiro atoms. The third-order valence-electron chi connectivity index (χ3n) is 2.70. The summed E-state index contributed by atoms with van der Waals surface area (Å²) in [5, 5.41) is 1.74. The first kappa shape index (κ1) is 15.2. The van der Waals surface area contributed by atoms with Gasteiger partial charge in [-0.15, -0.1) is 0 Å². The minimum absolute atomic E-state index is 0.0786. The normalized spacial score (nSPS) is 16.7. The Kier molecular flexibility index (Phi) is 5.87. The molecule has 3 amide bonds. The zero-order valence-corrected chi connectivity index (χ0v) is 12.3. The number of rotatable bonds is 3. The van der Waals surface area contributed by atoms with Crippen LogP contribution in [-0.4, -0.2) is 39.5 Å². The first-order valence-corrected chi connectivity index (χ1v) is 7.26. The van der Waals surface area contributed by atoms with Crippen LogP contribution in [0.5, 0.6) is 0 Å². The van der Waals surface area contributed by atoms with E-state index in [1.807, 2.05) is 13.8 Å². The highest BCUT2D eigenvalue weighted by Crippen LogP contribution is 2.25. The Bertz CT molecular complexity index is 341. The number of hydrogen-bond acceptors (Lipinski definition) is 4. The summed E-state index contributed by atoms with van der Waals surface area (Å²) in [6, 6.07) is -0.821. The van der Waals surface area contributed by atoms with Gasteiger partial charge in [0.05, 0.1) is 5.25 Å². The number of primary amides is 1. The maximum Gasteiger partial charge on any atom is 0.318 e. The van der Waals surface area contributed by atoms with Crippen LogP contribution in [0.15, 0.2) is 0 Å². The van der Waals surface area contributed by atoms with E-state index in [0.29, 0.717) is 0 Å². The van der Waals surface area contributed by atoms with E-state index in [9.17, 15) is 9.59 Å². The zero-order chi connectivity index (χ0) is 13.7. The quantitative estimate of drug-likeness (QED) is 0.766. The monoisotopic (exact) mass is 289 g/mol. The number of urea groups is 1. The smallest absolute Gasteiger partial charge is 0.318 e. The molecule has 1 aliphatic heterocycles. The van der Waals surface area contributed by atoms with Crippen LogP contribution in [0.3, 0.4) is 0 Å². The number of nitrogens with two attached hydrogens (primary N) is 1. The van der Waals surface area contributed by atoms with Crippen molar-refractivity contribution >= 4 is 40.2 Å². The van der Waals surface area contributed by atoms with Gasteiger partial charge in [-0.25, -0.2) is 4.79 Å². The van der Waals surface area contributed by atoms with Gasteiger partial charge in [0, 0.05) is 13.1 Å². The van der Waals surface area contributed by atoms with E-state index in [4.69, 9.17) is 18.0 Å². The molecule has 0 bridgehead atoms.